The molecule has 0 radical (unpaired) electrons. The predicted octanol–water partition coefficient (Wildman–Crippen LogP) is 4.00. The molecule has 0 amide bonds. The minimum atomic E-state index is 0.178. The highest BCUT2D eigenvalue weighted by Crippen LogP contribution is 2.34. The lowest BCUT2D eigenvalue weighted by Crippen LogP contribution is -2.16. The topological polar surface area (TPSA) is 53.7 Å². The number of ether oxygens (including phenoxy) is 3. The molecular weight excluding hydrogens is 314 g/mol. The maximum Gasteiger partial charge on any atom is 0.161 e. The lowest BCUT2D eigenvalue weighted by molar-refractivity contribution is 0.310. The molecule has 2 aromatic carbocycles. The van der Waals surface area contributed by atoms with Crippen molar-refractivity contribution < 1.29 is 14.2 Å². The van der Waals surface area contributed by atoms with E-state index in [4.69, 9.17) is 19.9 Å². The minimum absolute atomic E-state index is 0.178. The highest BCUT2D eigenvalue weighted by molar-refractivity contribution is 5.46. The molecule has 0 aliphatic heterocycles. The Morgan fingerprint density at radius 3 is 2.20 bits per heavy atom. The highest BCUT2D eigenvalue weighted by atomic mass is 16.5. The Morgan fingerprint density at radius 1 is 0.920 bits per heavy atom. The molecule has 2 aromatic rings. The van der Waals surface area contributed by atoms with Gasteiger partial charge in [0.2, 0.25) is 0 Å². The monoisotopic (exact) mass is 343 g/mol. The van der Waals surface area contributed by atoms with E-state index in [0.29, 0.717) is 13.2 Å². The largest absolute Gasteiger partial charge is 0.496 e. The van der Waals surface area contributed by atoms with Gasteiger partial charge in [0.15, 0.2) is 11.5 Å². The summed E-state index contributed by atoms with van der Waals surface area (Å²) in [6, 6.07) is 10.3. The Morgan fingerprint density at radius 2 is 1.60 bits per heavy atom. The summed E-state index contributed by atoms with van der Waals surface area (Å²) in [5, 5.41) is 0. The average Bonchev–Trinajstić information content (AvgIpc) is 2.62. The molecule has 0 bridgehead atoms. The molecule has 136 valence electrons. The van der Waals surface area contributed by atoms with Crippen LogP contribution in [0.2, 0.25) is 0 Å². The fourth-order valence-corrected chi connectivity index (χ4v) is 3.03. The van der Waals surface area contributed by atoms with Crippen molar-refractivity contribution in [1.29, 1.82) is 0 Å². The Labute approximate surface area is 150 Å². The zero-order valence-corrected chi connectivity index (χ0v) is 15.9. The molecule has 0 aliphatic rings. The Hall–Kier alpha value is -2.20. The number of hydrogen-bond acceptors (Lipinski definition) is 4. The summed E-state index contributed by atoms with van der Waals surface area (Å²) in [5.41, 5.74) is 10.9. The van der Waals surface area contributed by atoms with E-state index in [1.54, 1.807) is 14.2 Å². The molecule has 4 nitrogen and oxygen atoms in total. The van der Waals surface area contributed by atoms with Gasteiger partial charge >= 0.3 is 0 Å². The van der Waals surface area contributed by atoms with Crippen LogP contribution >= 0.6 is 0 Å². The fraction of sp³-hybridized carbons (Fsp3) is 0.429. The van der Waals surface area contributed by atoms with Gasteiger partial charge in [-0.05, 0) is 74.2 Å². The molecule has 0 heterocycles. The van der Waals surface area contributed by atoms with Crippen LogP contribution in [0.25, 0.3) is 0 Å². The van der Waals surface area contributed by atoms with E-state index in [-0.39, 0.29) is 5.92 Å². The maximum atomic E-state index is 6.11. The number of aryl methyl sites for hydroxylation is 2. The molecule has 0 saturated carbocycles. The van der Waals surface area contributed by atoms with Gasteiger partial charge in [-0.1, -0.05) is 12.1 Å². The van der Waals surface area contributed by atoms with E-state index in [2.05, 4.69) is 32.0 Å². The molecule has 0 aromatic heterocycles. The normalized spacial score (nSPS) is 11.9. The van der Waals surface area contributed by atoms with Crippen molar-refractivity contribution in [2.24, 2.45) is 5.73 Å². The summed E-state index contributed by atoms with van der Waals surface area (Å²) in [6.07, 6.45) is 0.819. The first-order valence-corrected chi connectivity index (χ1v) is 8.68. The molecule has 0 spiro atoms. The maximum absolute atomic E-state index is 6.11. The van der Waals surface area contributed by atoms with E-state index in [9.17, 15) is 0 Å². The standard InChI is InChI=1S/C21H29NO3/c1-6-25-21-12-16(7-8-19(21)23-4)11-17(13-22)18-9-14(2)15(3)10-20(18)24-5/h7-10,12,17H,6,11,13,22H2,1-5H3. The van der Waals surface area contributed by atoms with Gasteiger partial charge < -0.3 is 19.9 Å². The first-order chi connectivity index (χ1) is 12.0. The van der Waals surface area contributed by atoms with Gasteiger partial charge in [-0.2, -0.15) is 0 Å². The van der Waals surface area contributed by atoms with E-state index >= 15 is 0 Å². The molecule has 1 unspecified atom stereocenters. The third-order valence-electron chi connectivity index (χ3n) is 4.58. The smallest absolute Gasteiger partial charge is 0.161 e. The van der Waals surface area contributed by atoms with Gasteiger partial charge in [-0.25, -0.2) is 0 Å². The second kappa shape index (κ2) is 8.77. The summed E-state index contributed by atoms with van der Waals surface area (Å²) >= 11 is 0. The van der Waals surface area contributed by atoms with Crippen molar-refractivity contribution in [3.63, 3.8) is 0 Å². The van der Waals surface area contributed by atoms with Crippen LogP contribution in [0.4, 0.5) is 0 Å². The van der Waals surface area contributed by atoms with E-state index in [0.717, 1.165) is 29.2 Å². The predicted molar refractivity (Wildman–Crippen MR) is 102 cm³/mol. The second-order valence-electron chi connectivity index (χ2n) is 6.23. The number of benzene rings is 2. The molecule has 0 fully saturated rings. The van der Waals surface area contributed by atoms with Crippen molar-refractivity contribution in [1.82, 2.24) is 0 Å². The molecular formula is C21H29NO3. The number of methoxy groups -OCH3 is 2. The number of nitrogens with two attached hydrogens (primary N) is 1. The average molecular weight is 343 g/mol. The van der Waals surface area contributed by atoms with E-state index in [1.807, 2.05) is 19.1 Å². The molecule has 25 heavy (non-hydrogen) atoms. The summed E-state index contributed by atoms with van der Waals surface area (Å²) in [6.45, 7) is 7.33. The first kappa shape index (κ1) is 19.1. The van der Waals surface area contributed by atoms with Crippen molar-refractivity contribution in [3.05, 3.63) is 52.6 Å². The van der Waals surface area contributed by atoms with Gasteiger partial charge in [-0.15, -0.1) is 0 Å². The van der Waals surface area contributed by atoms with Crippen molar-refractivity contribution in [3.8, 4) is 17.2 Å². The summed E-state index contributed by atoms with van der Waals surface area (Å²) in [7, 11) is 3.36. The van der Waals surface area contributed by atoms with Crippen LogP contribution < -0.4 is 19.9 Å². The third-order valence-corrected chi connectivity index (χ3v) is 4.58. The third kappa shape index (κ3) is 4.45. The van der Waals surface area contributed by atoms with E-state index < -0.39 is 0 Å². The van der Waals surface area contributed by atoms with Crippen molar-refractivity contribution in [2.75, 3.05) is 27.4 Å². The van der Waals surface area contributed by atoms with Gasteiger partial charge in [-0.3, -0.25) is 0 Å². The summed E-state index contributed by atoms with van der Waals surface area (Å²) in [5.74, 6) is 2.60. The molecule has 1 atom stereocenters. The fourth-order valence-electron chi connectivity index (χ4n) is 3.03. The zero-order valence-electron chi connectivity index (χ0n) is 15.9. The minimum Gasteiger partial charge on any atom is -0.496 e. The SMILES string of the molecule is CCOc1cc(CC(CN)c2cc(C)c(C)cc2OC)ccc1OC. The number of rotatable bonds is 8. The Bertz CT molecular complexity index is 713. The van der Waals surface area contributed by atoms with Crippen molar-refractivity contribution >= 4 is 0 Å². The Balaban J connectivity index is 2.34. The lowest BCUT2D eigenvalue weighted by atomic mass is 9.89. The molecule has 2 rings (SSSR count). The van der Waals surface area contributed by atoms with Crippen LogP contribution in [0, 0.1) is 13.8 Å². The quantitative estimate of drug-likeness (QED) is 0.787. The van der Waals surface area contributed by atoms with Crippen LogP contribution in [-0.4, -0.2) is 27.4 Å². The lowest BCUT2D eigenvalue weighted by Gasteiger charge is -2.21. The van der Waals surface area contributed by atoms with Crippen LogP contribution in [0.5, 0.6) is 17.2 Å². The molecule has 2 N–H and O–H groups in total. The number of hydrogen-bond donors (Lipinski definition) is 1. The van der Waals surface area contributed by atoms with Crippen LogP contribution in [0.3, 0.4) is 0 Å². The molecule has 0 saturated heterocycles. The molecule has 0 aliphatic carbocycles. The summed E-state index contributed by atoms with van der Waals surface area (Å²) in [4.78, 5) is 0. The van der Waals surface area contributed by atoms with Crippen molar-refractivity contribution in [2.45, 2.75) is 33.1 Å². The van der Waals surface area contributed by atoms with Crippen LogP contribution in [0.1, 0.15) is 35.1 Å². The van der Waals surface area contributed by atoms with Gasteiger partial charge in [0.05, 0.1) is 20.8 Å². The highest BCUT2D eigenvalue weighted by Gasteiger charge is 2.18. The first-order valence-electron chi connectivity index (χ1n) is 8.68. The van der Waals surface area contributed by atoms with Crippen LogP contribution in [0.15, 0.2) is 30.3 Å². The zero-order chi connectivity index (χ0) is 18.4. The van der Waals surface area contributed by atoms with Gasteiger partial charge in [0.25, 0.3) is 0 Å². The van der Waals surface area contributed by atoms with Crippen LogP contribution in [-0.2, 0) is 6.42 Å². The second-order valence-corrected chi connectivity index (χ2v) is 6.23. The van der Waals surface area contributed by atoms with Gasteiger partial charge in [0, 0.05) is 5.92 Å². The van der Waals surface area contributed by atoms with Gasteiger partial charge in [0.1, 0.15) is 5.75 Å². The van der Waals surface area contributed by atoms with E-state index in [1.165, 1.54) is 16.7 Å². The Kier molecular flexibility index (Phi) is 6.71. The molecule has 4 heteroatoms. The summed E-state index contributed by atoms with van der Waals surface area (Å²) < 4.78 is 16.7.